The van der Waals surface area contributed by atoms with Crippen molar-refractivity contribution in [1.82, 2.24) is 9.88 Å². The summed E-state index contributed by atoms with van der Waals surface area (Å²) in [5.74, 6) is -0.852. The fraction of sp³-hybridized carbons (Fsp3) is 0.462. The number of hydrogen-bond acceptors (Lipinski definition) is 4. The third-order valence-electron chi connectivity index (χ3n) is 3.56. The summed E-state index contributed by atoms with van der Waals surface area (Å²) in [6.07, 6.45) is 2.16. The zero-order valence-corrected chi connectivity index (χ0v) is 11.1. The molecule has 1 aromatic rings. The number of nitrogens with one attached hydrogen (secondary N) is 1. The molecule has 7 nitrogen and oxygen atoms in total. The van der Waals surface area contributed by atoms with Crippen molar-refractivity contribution >= 4 is 17.7 Å². The predicted molar refractivity (Wildman–Crippen MR) is 71.6 cm³/mol. The summed E-state index contributed by atoms with van der Waals surface area (Å²) < 4.78 is 0. The lowest BCUT2D eigenvalue weighted by atomic mass is 10.0. The molecule has 0 radical (unpaired) electrons. The highest BCUT2D eigenvalue weighted by atomic mass is 16.4. The van der Waals surface area contributed by atoms with Crippen LogP contribution in [-0.4, -0.2) is 51.3 Å². The van der Waals surface area contributed by atoms with Crippen molar-refractivity contribution < 1.29 is 19.8 Å². The molecule has 2 unspecified atom stereocenters. The first-order chi connectivity index (χ1) is 9.52. The van der Waals surface area contributed by atoms with E-state index in [1.807, 2.05) is 6.92 Å². The van der Waals surface area contributed by atoms with Crippen molar-refractivity contribution in [2.75, 3.05) is 18.5 Å². The van der Waals surface area contributed by atoms with E-state index in [0.29, 0.717) is 12.2 Å². The average molecular weight is 279 g/mol. The van der Waals surface area contributed by atoms with Gasteiger partial charge in [-0.2, -0.15) is 0 Å². The molecule has 0 bridgehead atoms. The average Bonchev–Trinajstić information content (AvgIpc) is 2.80. The number of amides is 2. The van der Waals surface area contributed by atoms with E-state index in [2.05, 4.69) is 10.3 Å². The normalized spacial score (nSPS) is 21.8. The highest BCUT2D eigenvalue weighted by molar-refractivity contribution is 5.90. The Morgan fingerprint density at radius 1 is 1.50 bits per heavy atom. The monoisotopic (exact) mass is 279 g/mol. The number of rotatable bonds is 3. The number of carbonyl (C=O) groups excluding carboxylic acids is 1. The molecule has 0 aliphatic carbocycles. The van der Waals surface area contributed by atoms with Gasteiger partial charge in [-0.15, -0.1) is 0 Å². The van der Waals surface area contributed by atoms with Crippen LogP contribution in [0.25, 0.3) is 0 Å². The SMILES string of the molecule is CC1CCN(C(=O)Nc2ccc(C(=O)O)nc2)C1CO. The second kappa shape index (κ2) is 5.87. The van der Waals surface area contributed by atoms with Gasteiger partial charge in [-0.1, -0.05) is 6.92 Å². The Morgan fingerprint density at radius 3 is 2.80 bits per heavy atom. The summed E-state index contributed by atoms with van der Waals surface area (Å²) in [5, 5.41) is 20.7. The van der Waals surface area contributed by atoms with E-state index in [4.69, 9.17) is 5.11 Å². The van der Waals surface area contributed by atoms with Crippen LogP contribution in [0.4, 0.5) is 10.5 Å². The summed E-state index contributed by atoms with van der Waals surface area (Å²) in [5.41, 5.74) is 0.349. The zero-order chi connectivity index (χ0) is 14.7. The number of aliphatic hydroxyl groups is 1. The molecule has 2 amide bonds. The largest absolute Gasteiger partial charge is 0.477 e. The van der Waals surface area contributed by atoms with E-state index in [-0.39, 0.29) is 30.3 Å². The Kier molecular flexibility index (Phi) is 4.19. The molecule has 108 valence electrons. The molecule has 1 aliphatic rings. The smallest absolute Gasteiger partial charge is 0.354 e. The highest BCUT2D eigenvalue weighted by Gasteiger charge is 2.33. The number of hydrogen-bond donors (Lipinski definition) is 3. The second-order valence-corrected chi connectivity index (χ2v) is 4.88. The van der Waals surface area contributed by atoms with Crippen LogP contribution in [0.15, 0.2) is 18.3 Å². The summed E-state index contributed by atoms with van der Waals surface area (Å²) in [6.45, 7) is 2.53. The standard InChI is InChI=1S/C13H17N3O4/c1-8-4-5-16(11(8)7-17)13(20)15-9-2-3-10(12(18)19)14-6-9/h2-3,6,8,11,17H,4-5,7H2,1H3,(H,15,20)(H,18,19). The molecule has 1 aromatic heterocycles. The number of aliphatic hydroxyl groups excluding tert-OH is 1. The van der Waals surface area contributed by atoms with Crippen molar-refractivity contribution in [2.24, 2.45) is 5.92 Å². The van der Waals surface area contributed by atoms with Gasteiger partial charge in [0.05, 0.1) is 24.5 Å². The molecule has 3 N–H and O–H groups in total. The lowest BCUT2D eigenvalue weighted by molar-refractivity contribution is 0.0690. The van der Waals surface area contributed by atoms with Crippen LogP contribution in [0.2, 0.25) is 0 Å². The summed E-state index contributed by atoms with van der Waals surface area (Å²) in [4.78, 5) is 28.1. The van der Waals surface area contributed by atoms with E-state index in [9.17, 15) is 14.7 Å². The maximum atomic E-state index is 12.1. The molecule has 2 rings (SSSR count). The van der Waals surface area contributed by atoms with Gasteiger partial charge in [0.25, 0.3) is 0 Å². The number of aromatic nitrogens is 1. The van der Waals surface area contributed by atoms with Crippen LogP contribution in [0.3, 0.4) is 0 Å². The summed E-state index contributed by atoms with van der Waals surface area (Å²) >= 11 is 0. The van der Waals surface area contributed by atoms with Crippen molar-refractivity contribution in [3.05, 3.63) is 24.0 Å². The Morgan fingerprint density at radius 2 is 2.25 bits per heavy atom. The molecule has 1 saturated heterocycles. The van der Waals surface area contributed by atoms with Crippen LogP contribution in [0.5, 0.6) is 0 Å². The Balaban J connectivity index is 2.02. The fourth-order valence-corrected chi connectivity index (χ4v) is 2.33. The number of pyridine rings is 1. The third-order valence-corrected chi connectivity index (χ3v) is 3.56. The topological polar surface area (TPSA) is 103 Å². The van der Waals surface area contributed by atoms with Crippen LogP contribution in [0, 0.1) is 5.92 Å². The van der Waals surface area contributed by atoms with Crippen LogP contribution >= 0.6 is 0 Å². The number of carboxylic acids is 1. The second-order valence-electron chi connectivity index (χ2n) is 4.88. The maximum absolute atomic E-state index is 12.1. The third kappa shape index (κ3) is 2.88. The Hall–Kier alpha value is -2.15. The fourth-order valence-electron chi connectivity index (χ4n) is 2.33. The zero-order valence-electron chi connectivity index (χ0n) is 11.1. The number of likely N-dealkylation sites (tertiary alicyclic amines) is 1. The first kappa shape index (κ1) is 14.3. The lowest BCUT2D eigenvalue weighted by Crippen LogP contribution is -2.42. The molecule has 20 heavy (non-hydrogen) atoms. The number of aromatic carboxylic acids is 1. The highest BCUT2D eigenvalue weighted by Crippen LogP contribution is 2.24. The lowest BCUT2D eigenvalue weighted by Gasteiger charge is -2.25. The van der Waals surface area contributed by atoms with Crippen LogP contribution < -0.4 is 5.32 Å². The van der Waals surface area contributed by atoms with Gasteiger partial charge < -0.3 is 20.4 Å². The molecule has 7 heteroatoms. The van der Waals surface area contributed by atoms with Gasteiger partial charge in [0.2, 0.25) is 0 Å². The van der Waals surface area contributed by atoms with Crippen LogP contribution in [0.1, 0.15) is 23.8 Å². The minimum absolute atomic E-state index is 0.0647. The van der Waals surface area contributed by atoms with Gasteiger partial charge in [0.15, 0.2) is 0 Å². The van der Waals surface area contributed by atoms with Crippen molar-refractivity contribution in [3.63, 3.8) is 0 Å². The molecule has 0 aromatic carbocycles. The Bertz CT molecular complexity index is 503. The molecule has 2 atom stereocenters. The van der Waals surface area contributed by atoms with E-state index in [1.54, 1.807) is 4.90 Å². The van der Waals surface area contributed by atoms with Crippen molar-refractivity contribution in [1.29, 1.82) is 0 Å². The van der Waals surface area contributed by atoms with E-state index in [0.717, 1.165) is 6.42 Å². The van der Waals surface area contributed by atoms with Gasteiger partial charge in [-0.05, 0) is 24.5 Å². The van der Waals surface area contributed by atoms with Crippen molar-refractivity contribution in [2.45, 2.75) is 19.4 Å². The van der Waals surface area contributed by atoms with E-state index in [1.165, 1.54) is 18.3 Å². The molecule has 2 heterocycles. The first-order valence-electron chi connectivity index (χ1n) is 6.40. The van der Waals surface area contributed by atoms with Gasteiger partial charge in [-0.25, -0.2) is 14.6 Å². The molecule has 0 saturated carbocycles. The summed E-state index contributed by atoms with van der Waals surface area (Å²) in [6, 6.07) is 2.33. The number of anilines is 1. The predicted octanol–water partition coefficient (Wildman–Crippen LogP) is 1.01. The number of urea groups is 1. The van der Waals surface area contributed by atoms with E-state index >= 15 is 0 Å². The number of nitrogens with zero attached hydrogens (tertiary/aromatic N) is 2. The molecule has 0 spiro atoms. The maximum Gasteiger partial charge on any atom is 0.354 e. The quantitative estimate of drug-likeness (QED) is 0.766. The van der Waals surface area contributed by atoms with Gasteiger partial charge in [0, 0.05) is 6.54 Å². The molecule has 1 aliphatic heterocycles. The van der Waals surface area contributed by atoms with Gasteiger partial charge in [-0.3, -0.25) is 0 Å². The molecular weight excluding hydrogens is 262 g/mol. The minimum Gasteiger partial charge on any atom is -0.477 e. The Labute approximate surface area is 116 Å². The van der Waals surface area contributed by atoms with E-state index < -0.39 is 5.97 Å². The number of carboxylic acid groups (broad SMARTS) is 1. The minimum atomic E-state index is -1.11. The molecule has 1 fully saturated rings. The number of carbonyl (C=O) groups is 2. The van der Waals surface area contributed by atoms with Crippen LogP contribution in [-0.2, 0) is 0 Å². The van der Waals surface area contributed by atoms with Crippen molar-refractivity contribution in [3.8, 4) is 0 Å². The van der Waals surface area contributed by atoms with Gasteiger partial charge in [0.1, 0.15) is 5.69 Å². The summed E-state index contributed by atoms with van der Waals surface area (Å²) in [7, 11) is 0. The first-order valence-corrected chi connectivity index (χ1v) is 6.40. The van der Waals surface area contributed by atoms with Gasteiger partial charge >= 0.3 is 12.0 Å². The molecular formula is C13H17N3O4.